The molecule has 1 aliphatic carbocycles. The first kappa shape index (κ1) is 20.7. The van der Waals surface area contributed by atoms with E-state index < -0.39 is 0 Å². The fourth-order valence-corrected chi connectivity index (χ4v) is 4.78. The van der Waals surface area contributed by atoms with Crippen LogP contribution in [-0.4, -0.2) is 35.8 Å². The highest BCUT2D eigenvalue weighted by atomic mass is 16.7. The number of aliphatic imine (C=N–C) groups is 1. The second-order valence-electron chi connectivity index (χ2n) is 8.50. The zero-order chi connectivity index (χ0) is 18.3. The Hall–Kier alpha value is -0.610. The van der Waals surface area contributed by atoms with E-state index >= 15 is 0 Å². The second-order valence-corrected chi connectivity index (χ2v) is 8.50. The lowest BCUT2D eigenvalue weighted by Gasteiger charge is -2.36. The molecule has 4 nitrogen and oxygen atoms in total. The van der Waals surface area contributed by atoms with Crippen molar-refractivity contribution in [3.05, 3.63) is 0 Å². The van der Waals surface area contributed by atoms with Crippen LogP contribution >= 0.6 is 0 Å². The van der Waals surface area contributed by atoms with Crippen molar-refractivity contribution in [3.8, 4) is 0 Å². The van der Waals surface area contributed by atoms with E-state index in [1.807, 2.05) is 5.17 Å². The molecule has 0 aromatic carbocycles. The molecule has 0 aromatic heterocycles. The zero-order valence-corrected chi connectivity index (χ0v) is 17.4. The van der Waals surface area contributed by atoms with Gasteiger partial charge in [0.2, 0.25) is 0 Å². The maximum Gasteiger partial charge on any atom is 0.153 e. The van der Waals surface area contributed by atoms with Crippen LogP contribution in [-0.2, 0) is 4.84 Å². The van der Waals surface area contributed by atoms with Crippen molar-refractivity contribution in [3.63, 3.8) is 0 Å². The third-order valence-corrected chi connectivity index (χ3v) is 6.05. The van der Waals surface area contributed by atoms with Crippen molar-refractivity contribution in [1.29, 1.82) is 0 Å². The van der Waals surface area contributed by atoms with Crippen LogP contribution in [0.2, 0.25) is 0 Å². The summed E-state index contributed by atoms with van der Waals surface area (Å²) < 4.78 is 0. The largest absolute Gasteiger partial charge is 0.280 e. The van der Waals surface area contributed by atoms with Crippen LogP contribution in [0.25, 0.3) is 0 Å². The SMILES string of the molecule is CCCCCCCCC[C@@H]1CCCCC1C1=NC(C)(C)N(OC)N1C. The summed E-state index contributed by atoms with van der Waals surface area (Å²) in [5.41, 5.74) is -0.292. The van der Waals surface area contributed by atoms with Gasteiger partial charge in [0.15, 0.2) is 5.66 Å². The summed E-state index contributed by atoms with van der Waals surface area (Å²) in [5.74, 6) is 2.66. The smallest absolute Gasteiger partial charge is 0.153 e. The Balaban J connectivity index is 1.86. The van der Waals surface area contributed by atoms with Gasteiger partial charge in [0.05, 0.1) is 7.11 Å². The Morgan fingerprint density at radius 3 is 2.32 bits per heavy atom. The lowest BCUT2D eigenvalue weighted by molar-refractivity contribution is -0.269. The summed E-state index contributed by atoms with van der Waals surface area (Å²) in [6, 6.07) is 0. The molecule has 1 heterocycles. The average Bonchev–Trinajstić information content (AvgIpc) is 2.83. The zero-order valence-electron chi connectivity index (χ0n) is 17.4. The molecule has 1 fully saturated rings. The van der Waals surface area contributed by atoms with Gasteiger partial charge in [-0.3, -0.25) is 9.85 Å². The molecule has 1 saturated carbocycles. The summed E-state index contributed by atoms with van der Waals surface area (Å²) in [7, 11) is 3.85. The Kier molecular flexibility index (Phi) is 8.21. The maximum atomic E-state index is 5.58. The van der Waals surface area contributed by atoms with Gasteiger partial charge in [-0.05, 0) is 39.0 Å². The number of hydroxylamine groups is 1. The van der Waals surface area contributed by atoms with Gasteiger partial charge in [-0.25, -0.2) is 4.99 Å². The number of hydrazine groups is 1. The minimum Gasteiger partial charge on any atom is -0.280 e. The topological polar surface area (TPSA) is 28.1 Å². The van der Waals surface area contributed by atoms with Gasteiger partial charge in [0.1, 0.15) is 5.84 Å². The second kappa shape index (κ2) is 9.91. The predicted molar refractivity (Wildman–Crippen MR) is 106 cm³/mol. The first-order valence-corrected chi connectivity index (χ1v) is 10.7. The molecule has 1 aliphatic heterocycles. The molecule has 25 heavy (non-hydrogen) atoms. The molecule has 1 unspecified atom stereocenters. The van der Waals surface area contributed by atoms with E-state index in [1.54, 1.807) is 7.11 Å². The molecule has 2 rings (SSSR count). The van der Waals surface area contributed by atoms with E-state index in [9.17, 15) is 0 Å². The summed E-state index contributed by atoms with van der Waals surface area (Å²) in [5, 5.41) is 4.08. The van der Waals surface area contributed by atoms with Crippen LogP contribution in [0.3, 0.4) is 0 Å². The fourth-order valence-electron chi connectivity index (χ4n) is 4.78. The van der Waals surface area contributed by atoms with Crippen LogP contribution in [0.5, 0.6) is 0 Å². The van der Waals surface area contributed by atoms with Gasteiger partial charge < -0.3 is 0 Å². The molecule has 2 atom stereocenters. The Bertz CT molecular complexity index is 421. The van der Waals surface area contributed by atoms with Crippen molar-refractivity contribution >= 4 is 5.84 Å². The van der Waals surface area contributed by atoms with E-state index in [1.165, 1.54) is 82.9 Å². The maximum absolute atomic E-state index is 5.58. The molecule has 0 N–H and O–H groups in total. The fraction of sp³-hybridized carbons (Fsp3) is 0.952. The summed E-state index contributed by atoms with van der Waals surface area (Å²) in [6.45, 7) is 6.56. The molecular formula is C21H41N3O. The molecule has 0 bridgehead atoms. The van der Waals surface area contributed by atoms with Gasteiger partial charge >= 0.3 is 0 Å². The van der Waals surface area contributed by atoms with Gasteiger partial charge in [-0.1, -0.05) is 69.9 Å². The van der Waals surface area contributed by atoms with Crippen LogP contribution in [0, 0.1) is 11.8 Å². The Morgan fingerprint density at radius 2 is 1.68 bits per heavy atom. The number of hydrogen-bond donors (Lipinski definition) is 0. The molecular weight excluding hydrogens is 310 g/mol. The van der Waals surface area contributed by atoms with Crippen molar-refractivity contribution in [1.82, 2.24) is 10.2 Å². The van der Waals surface area contributed by atoms with Gasteiger partial charge in [0.25, 0.3) is 0 Å². The number of rotatable bonds is 10. The predicted octanol–water partition coefficient (Wildman–Crippen LogP) is 5.79. The Labute approximate surface area is 155 Å². The van der Waals surface area contributed by atoms with E-state index in [0.29, 0.717) is 5.92 Å². The molecule has 0 amide bonds. The summed E-state index contributed by atoms with van der Waals surface area (Å²) >= 11 is 0. The van der Waals surface area contributed by atoms with Crippen LogP contribution < -0.4 is 0 Å². The van der Waals surface area contributed by atoms with E-state index in [-0.39, 0.29) is 5.66 Å². The minimum atomic E-state index is -0.292. The van der Waals surface area contributed by atoms with Crippen LogP contribution in [0.4, 0.5) is 0 Å². The summed E-state index contributed by atoms with van der Waals surface area (Å²) in [6.07, 6.45) is 16.6. The van der Waals surface area contributed by atoms with Crippen LogP contribution in [0.15, 0.2) is 4.99 Å². The number of nitrogens with zero attached hydrogens (tertiary/aromatic N) is 3. The molecule has 0 aromatic rings. The van der Waals surface area contributed by atoms with Crippen molar-refractivity contribution < 1.29 is 4.84 Å². The standard InChI is InChI=1S/C21H41N3O/c1-6-7-8-9-10-11-12-15-18-16-13-14-17-19(18)20-22-21(2,3)24(25-5)23(20)4/h18-19H,6-17H2,1-5H3/t18-,19?/m1/s1. The third kappa shape index (κ3) is 5.43. The van der Waals surface area contributed by atoms with Gasteiger partial charge in [-0.15, -0.1) is 0 Å². The molecule has 4 heteroatoms. The van der Waals surface area contributed by atoms with Crippen molar-refractivity contribution in [2.24, 2.45) is 16.8 Å². The normalized spacial score (nSPS) is 26.9. The lowest BCUT2D eigenvalue weighted by Crippen LogP contribution is -2.48. The highest BCUT2D eigenvalue weighted by molar-refractivity contribution is 5.86. The van der Waals surface area contributed by atoms with E-state index in [0.717, 1.165) is 5.92 Å². The van der Waals surface area contributed by atoms with E-state index in [4.69, 9.17) is 9.83 Å². The number of amidine groups is 1. The highest BCUT2D eigenvalue weighted by Crippen LogP contribution is 2.39. The average molecular weight is 352 g/mol. The van der Waals surface area contributed by atoms with Crippen molar-refractivity contribution in [2.45, 2.75) is 103 Å². The molecule has 146 valence electrons. The highest BCUT2D eigenvalue weighted by Gasteiger charge is 2.43. The Morgan fingerprint density at radius 1 is 1.04 bits per heavy atom. The molecule has 2 aliphatic rings. The van der Waals surface area contributed by atoms with Gasteiger partial charge in [-0.2, -0.15) is 0 Å². The lowest BCUT2D eigenvalue weighted by atomic mass is 9.75. The third-order valence-electron chi connectivity index (χ3n) is 6.05. The van der Waals surface area contributed by atoms with E-state index in [2.05, 4.69) is 32.8 Å². The number of hydrogen-bond acceptors (Lipinski definition) is 4. The van der Waals surface area contributed by atoms with Crippen molar-refractivity contribution in [2.75, 3.05) is 14.2 Å². The molecule has 0 spiro atoms. The molecule has 0 saturated heterocycles. The quantitative estimate of drug-likeness (QED) is 0.466. The molecule has 0 radical (unpaired) electrons. The van der Waals surface area contributed by atoms with Gasteiger partial charge in [0, 0.05) is 13.0 Å². The summed E-state index contributed by atoms with van der Waals surface area (Å²) in [4.78, 5) is 10.6. The minimum absolute atomic E-state index is 0.292. The first-order chi connectivity index (χ1) is 12.0. The van der Waals surface area contributed by atoms with Crippen LogP contribution in [0.1, 0.15) is 97.8 Å². The first-order valence-electron chi connectivity index (χ1n) is 10.7. The monoisotopic (exact) mass is 351 g/mol. The number of unbranched alkanes of at least 4 members (excludes halogenated alkanes) is 6.